The molecule has 2 unspecified atom stereocenters. The lowest BCUT2D eigenvalue weighted by molar-refractivity contribution is -0.0950. The molecule has 7 nitrogen and oxygen atoms in total. The second-order valence-electron chi connectivity index (χ2n) is 9.06. The van der Waals surface area contributed by atoms with Gasteiger partial charge in [0.1, 0.15) is 0 Å². The molecule has 0 saturated heterocycles. The Labute approximate surface area is 260 Å². The van der Waals surface area contributed by atoms with Crippen molar-refractivity contribution in [1.82, 2.24) is 0 Å². The van der Waals surface area contributed by atoms with Gasteiger partial charge in [-0.2, -0.15) is 0 Å². The number of hydrogen-bond donors (Lipinski definition) is 0. The summed E-state index contributed by atoms with van der Waals surface area (Å²) in [6, 6.07) is 16.9. The first-order valence-electron chi connectivity index (χ1n) is 12.9. The zero-order valence-corrected chi connectivity index (χ0v) is 25.9. The molecule has 0 bridgehead atoms. The number of hydrogen-bond acceptors (Lipinski definition) is 7. The van der Waals surface area contributed by atoms with Crippen LogP contribution in [0.2, 0.25) is 20.1 Å². The summed E-state index contributed by atoms with van der Waals surface area (Å²) in [7, 11) is 2.83. The van der Waals surface area contributed by atoms with E-state index in [0.29, 0.717) is 10.0 Å². The Balaban J connectivity index is 1.83. The summed E-state index contributed by atoms with van der Waals surface area (Å²) in [5.74, 6) is -1.41. The van der Waals surface area contributed by atoms with Gasteiger partial charge in [0.2, 0.25) is 12.6 Å². The van der Waals surface area contributed by atoms with Gasteiger partial charge in [-0.3, -0.25) is 0 Å². The fourth-order valence-corrected chi connectivity index (χ4v) is 4.63. The fraction of sp³-hybridized carbons (Fsp3) is 0.333. The molecule has 0 aliphatic rings. The molecule has 3 aromatic rings. The molecule has 2 atom stereocenters. The lowest BCUT2D eigenvalue weighted by Crippen LogP contribution is -2.42. The lowest BCUT2D eigenvalue weighted by atomic mass is 10.1. The lowest BCUT2D eigenvalue weighted by Gasteiger charge is -2.31. The highest BCUT2D eigenvalue weighted by Crippen LogP contribution is 2.25. The van der Waals surface area contributed by atoms with Crippen molar-refractivity contribution in [2.24, 2.45) is 0 Å². The SMILES string of the molecule is CCCCc1ccc(N(CC(OC)OC(=O)c2cc(Cl)ccc2Cl)CC(OC)OC(=O)c2cc(Cl)ccc2Cl)cc1. The molecule has 0 aromatic heterocycles. The van der Waals surface area contributed by atoms with Crippen LogP contribution in [-0.2, 0) is 25.4 Å². The monoisotopic (exact) mass is 641 g/mol. The van der Waals surface area contributed by atoms with Crippen molar-refractivity contribution in [3.8, 4) is 0 Å². The van der Waals surface area contributed by atoms with Gasteiger partial charge in [-0.1, -0.05) is 71.9 Å². The number of carbonyl (C=O) groups excluding carboxylic acids is 2. The molecule has 0 spiro atoms. The van der Waals surface area contributed by atoms with Crippen LogP contribution in [-0.4, -0.2) is 51.8 Å². The van der Waals surface area contributed by atoms with E-state index < -0.39 is 24.5 Å². The van der Waals surface area contributed by atoms with Crippen molar-refractivity contribution in [1.29, 1.82) is 0 Å². The Morgan fingerprint density at radius 2 is 1.20 bits per heavy atom. The zero-order chi connectivity index (χ0) is 29.9. The predicted octanol–water partition coefficient (Wildman–Crippen LogP) is 8.11. The van der Waals surface area contributed by atoms with Crippen LogP contribution in [0.4, 0.5) is 5.69 Å². The third-order valence-electron chi connectivity index (χ3n) is 6.16. The normalized spacial score (nSPS) is 12.5. The maximum Gasteiger partial charge on any atom is 0.342 e. The van der Waals surface area contributed by atoms with Gasteiger partial charge in [0.05, 0.1) is 34.3 Å². The number of aryl methyl sites for hydroxylation is 1. The number of nitrogens with zero attached hydrogens (tertiary/aromatic N) is 1. The minimum Gasteiger partial charge on any atom is -0.430 e. The number of carbonyl (C=O) groups is 2. The molecule has 0 amide bonds. The maximum absolute atomic E-state index is 12.9. The van der Waals surface area contributed by atoms with Crippen LogP contribution >= 0.6 is 46.4 Å². The number of unbranched alkanes of at least 4 members (excludes halogenated alkanes) is 1. The van der Waals surface area contributed by atoms with Crippen LogP contribution in [0.5, 0.6) is 0 Å². The van der Waals surface area contributed by atoms with Crippen LogP contribution in [0.25, 0.3) is 0 Å². The Morgan fingerprint density at radius 1 is 0.732 bits per heavy atom. The van der Waals surface area contributed by atoms with Gasteiger partial charge in [0.25, 0.3) is 0 Å². The van der Waals surface area contributed by atoms with E-state index >= 15 is 0 Å². The van der Waals surface area contributed by atoms with Gasteiger partial charge in [-0.05, 0) is 66.9 Å². The molecule has 3 rings (SSSR count). The van der Waals surface area contributed by atoms with Crippen molar-refractivity contribution in [2.45, 2.75) is 38.8 Å². The van der Waals surface area contributed by atoms with E-state index in [-0.39, 0.29) is 34.3 Å². The van der Waals surface area contributed by atoms with Crippen LogP contribution < -0.4 is 4.90 Å². The Kier molecular flexibility index (Phi) is 13.0. The first-order valence-corrected chi connectivity index (χ1v) is 14.4. The number of ether oxygens (including phenoxy) is 4. The summed E-state index contributed by atoms with van der Waals surface area (Å²) < 4.78 is 22.2. The Bertz CT molecular complexity index is 1250. The van der Waals surface area contributed by atoms with E-state index in [1.165, 1.54) is 44.0 Å². The molecule has 3 aromatic carbocycles. The topological polar surface area (TPSA) is 74.3 Å². The van der Waals surface area contributed by atoms with Gasteiger partial charge in [-0.15, -0.1) is 0 Å². The first-order chi connectivity index (χ1) is 19.6. The van der Waals surface area contributed by atoms with Gasteiger partial charge in [-0.25, -0.2) is 9.59 Å². The van der Waals surface area contributed by atoms with Crippen molar-refractivity contribution < 1.29 is 28.5 Å². The predicted molar refractivity (Wildman–Crippen MR) is 163 cm³/mol. The maximum atomic E-state index is 12.9. The number of rotatable bonds is 14. The Hall–Kier alpha value is -2.52. The average Bonchev–Trinajstić information content (AvgIpc) is 2.97. The highest BCUT2D eigenvalue weighted by atomic mass is 35.5. The third-order valence-corrected chi connectivity index (χ3v) is 7.29. The molecule has 0 saturated carbocycles. The fourth-order valence-electron chi connectivity index (χ4n) is 3.89. The van der Waals surface area contributed by atoms with Crippen LogP contribution in [0, 0.1) is 0 Å². The number of halogens is 4. The standard InChI is InChI=1S/C30H31Cl4NO6/c1-4-5-6-19-7-11-22(12-8-19)35(17-27(38-2)40-29(36)23-15-20(31)9-13-25(23)33)18-28(39-3)41-30(37)24-16-21(32)10-14-26(24)34/h7-16,27-28H,4-6,17-18H2,1-3H3. The largest absolute Gasteiger partial charge is 0.430 e. The number of benzene rings is 3. The number of esters is 2. The van der Waals surface area contributed by atoms with Gasteiger partial charge in [0.15, 0.2) is 0 Å². The smallest absolute Gasteiger partial charge is 0.342 e. The van der Waals surface area contributed by atoms with E-state index in [2.05, 4.69) is 6.92 Å². The summed E-state index contributed by atoms with van der Waals surface area (Å²) in [5.41, 5.74) is 2.17. The molecule has 11 heteroatoms. The summed E-state index contributed by atoms with van der Waals surface area (Å²) >= 11 is 24.5. The quantitative estimate of drug-likeness (QED) is 0.130. The van der Waals surface area contributed by atoms with E-state index in [9.17, 15) is 9.59 Å². The highest BCUT2D eigenvalue weighted by Gasteiger charge is 2.26. The summed E-state index contributed by atoms with van der Waals surface area (Å²) in [5, 5.41) is 1.06. The van der Waals surface area contributed by atoms with Gasteiger partial charge >= 0.3 is 11.9 Å². The minimum absolute atomic E-state index is 0.0735. The van der Waals surface area contributed by atoms with Crippen LogP contribution in [0.3, 0.4) is 0 Å². The summed E-state index contributed by atoms with van der Waals surface area (Å²) in [4.78, 5) is 27.6. The van der Waals surface area contributed by atoms with Crippen molar-refractivity contribution >= 4 is 64.0 Å². The molecule has 41 heavy (non-hydrogen) atoms. The average molecular weight is 643 g/mol. The zero-order valence-electron chi connectivity index (χ0n) is 22.9. The van der Waals surface area contributed by atoms with E-state index in [4.69, 9.17) is 65.4 Å². The molecule has 0 aliphatic carbocycles. The number of methoxy groups -OCH3 is 2. The molecular formula is C30H31Cl4NO6. The van der Waals surface area contributed by atoms with Crippen LogP contribution in [0.15, 0.2) is 60.7 Å². The summed E-state index contributed by atoms with van der Waals surface area (Å²) in [6.07, 6.45) is 1.07. The van der Waals surface area contributed by atoms with Crippen molar-refractivity contribution in [3.63, 3.8) is 0 Å². The van der Waals surface area contributed by atoms with E-state index in [0.717, 1.165) is 24.9 Å². The molecule has 0 heterocycles. The Morgan fingerprint density at radius 3 is 1.61 bits per heavy atom. The van der Waals surface area contributed by atoms with Crippen molar-refractivity contribution in [3.05, 3.63) is 97.4 Å². The number of anilines is 1. The molecule has 0 fully saturated rings. The first kappa shape index (κ1) is 33.0. The molecule has 0 N–H and O–H groups in total. The van der Waals surface area contributed by atoms with Gasteiger partial charge < -0.3 is 23.8 Å². The van der Waals surface area contributed by atoms with E-state index in [1.807, 2.05) is 29.2 Å². The molecular weight excluding hydrogens is 612 g/mol. The van der Waals surface area contributed by atoms with Crippen molar-refractivity contribution in [2.75, 3.05) is 32.2 Å². The molecule has 0 radical (unpaired) electrons. The molecule has 0 aliphatic heterocycles. The molecule has 220 valence electrons. The second-order valence-corrected chi connectivity index (χ2v) is 10.8. The van der Waals surface area contributed by atoms with E-state index in [1.54, 1.807) is 12.1 Å². The highest BCUT2D eigenvalue weighted by molar-refractivity contribution is 6.36. The second kappa shape index (κ2) is 16.2. The minimum atomic E-state index is -1.02. The summed E-state index contributed by atoms with van der Waals surface area (Å²) in [6.45, 7) is 2.29. The third kappa shape index (κ3) is 9.77. The van der Waals surface area contributed by atoms with Gasteiger partial charge in [0, 0.05) is 30.0 Å². The van der Waals surface area contributed by atoms with Crippen LogP contribution in [0.1, 0.15) is 46.0 Å².